The van der Waals surface area contributed by atoms with E-state index in [0.29, 0.717) is 18.2 Å². The number of hydrogen-bond acceptors (Lipinski definition) is 5. The number of rotatable bonds is 4. The zero-order valence-electron chi connectivity index (χ0n) is 10.7. The van der Waals surface area contributed by atoms with Crippen molar-refractivity contribution in [2.45, 2.75) is 25.3 Å². The van der Waals surface area contributed by atoms with Crippen LogP contribution in [0.5, 0.6) is 5.75 Å². The maximum Gasteiger partial charge on any atom is 0.339 e. The highest BCUT2D eigenvalue weighted by molar-refractivity contribution is 5.91. The summed E-state index contributed by atoms with van der Waals surface area (Å²) in [4.78, 5) is 11.1. The summed E-state index contributed by atoms with van der Waals surface area (Å²) in [6, 6.07) is 4.35. The van der Waals surface area contributed by atoms with Crippen molar-refractivity contribution in [2.75, 3.05) is 0 Å². The van der Waals surface area contributed by atoms with Gasteiger partial charge in [0.1, 0.15) is 17.0 Å². The maximum absolute atomic E-state index is 11.1. The number of hydrogen-bond donors (Lipinski definition) is 3. The van der Waals surface area contributed by atoms with Gasteiger partial charge in [0, 0.05) is 12.5 Å². The Labute approximate surface area is 114 Å². The van der Waals surface area contributed by atoms with Crippen molar-refractivity contribution in [3.8, 4) is 11.4 Å². The van der Waals surface area contributed by atoms with E-state index < -0.39 is 5.97 Å². The number of benzene rings is 1. The number of nitrogens with two attached hydrogens (primary N) is 1. The van der Waals surface area contributed by atoms with Crippen LogP contribution >= 0.6 is 0 Å². The number of aromatic nitrogens is 3. The van der Waals surface area contributed by atoms with Crippen molar-refractivity contribution >= 4 is 5.97 Å². The Kier molecular flexibility index (Phi) is 2.90. The van der Waals surface area contributed by atoms with Gasteiger partial charge in [-0.1, -0.05) is 5.21 Å². The van der Waals surface area contributed by atoms with E-state index in [4.69, 9.17) is 10.8 Å². The number of carboxylic acids is 1. The van der Waals surface area contributed by atoms with Crippen molar-refractivity contribution < 1.29 is 15.0 Å². The molecule has 0 atom stereocenters. The van der Waals surface area contributed by atoms with Crippen molar-refractivity contribution in [2.24, 2.45) is 5.73 Å². The lowest BCUT2D eigenvalue weighted by molar-refractivity contribution is 0.0693. The molecule has 104 valence electrons. The zero-order chi connectivity index (χ0) is 14.3. The number of aromatic carboxylic acids is 1. The molecule has 1 aromatic heterocycles. The molecule has 0 bridgehead atoms. The molecule has 4 N–H and O–H groups in total. The largest absolute Gasteiger partial charge is 0.507 e. The highest BCUT2D eigenvalue weighted by Gasteiger charge is 2.31. The molecule has 0 amide bonds. The minimum atomic E-state index is -1.18. The first-order chi connectivity index (χ1) is 9.61. The van der Waals surface area contributed by atoms with Gasteiger partial charge in [0.05, 0.1) is 11.4 Å². The number of carbonyl (C=O) groups is 1. The van der Waals surface area contributed by atoms with E-state index >= 15 is 0 Å². The molecule has 1 heterocycles. The van der Waals surface area contributed by atoms with Crippen LogP contribution in [0.1, 0.15) is 40.5 Å². The van der Waals surface area contributed by atoms with E-state index in [1.807, 2.05) is 0 Å². The fourth-order valence-electron chi connectivity index (χ4n) is 2.25. The predicted octanol–water partition coefficient (Wildman–Crippen LogP) is 1.01. The number of phenols is 1. The molecule has 0 unspecified atom stereocenters. The van der Waals surface area contributed by atoms with Crippen molar-refractivity contribution in [1.29, 1.82) is 0 Å². The molecule has 3 rings (SSSR count). The molecular formula is C13H14N4O3. The minimum Gasteiger partial charge on any atom is -0.507 e. The molecule has 1 aliphatic carbocycles. The average molecular weight is 274 g/mol. The average Bonchev–Trinajstić information content (AvgIpc) is 3.18. The van der Waals surface area contributed by atoms with Crippen LogP contribution in [0.15, 0.2) is 18.2 Å². The normalized spacial score (nSPS) is 14.4. The Morgan fingerprint density at radius 2 is 2.20 bits per heavy atom. The molecule has 2 aromatic rings. The van der Waals surface area contributed by atoms with E-state index in [-0.39, 0.29) is 11.3 Å². The van der Waals surface area contributed by atoms with Crippen molar-refractivity contribution in [3.05, 3.63) is 35.2 Å². The number of aromatic hydroxyl groups is 1. The lowest BCUT2D eigenvalue weighted by atomic mass is 10.1. The predicted molar refractivity (Wildman–Crippen MR) is 69.8 cm³/mol. The summed E-state index contributed by atoms with van der Waals surface area (Å²) in [6.45, 7) is 0.301. The molecule has 20 heavy (non-hydrogen) atoms. The zero-order valence-corrected chi connectivity index (χ0v) is 10.7. The van der Waals surface area contributed by atoms with Crippen LogP contribution in [0.3, 0.4) is 0 Å². The number of carboxylic acid groups (broad SMARTS) is 1. The summed E-state index contributed by atoms with van der Waals surface area (Å²) in [6.07, 6.45) is 2.12. The summed E-state index contributed by atoms with van der Waals surface area (Å²) in [5.74, 6) is -1.07. The van der Waals surface area contributed by atoms with Crippen molar-refractivity contribution in [3.63, 3.8) is 0 Å². The van der Waals surface area contributed by atoms with Crippen LogP contribution < -0.4 is 5.73 Å². The Balaban J connectivity index is 2.11. The lowest BCUT2D eigenvalue weighted by Gasteiger charge is -2.08. The molecule has 0 spiro atoms. The Morgan fingerprint density at radius 3 is 2.80 bits per heavy atom. The summed E-state index contributed by atoms with van der Waals surface area (Å²) >= 11 is 0. The third-order valence-corrected chi connectivity index (χ3v) is 3.39. The molecule has 1 fully saturated rings. The van der Waals surface area contributed by atoms with Gasteiger partial charge >= 0.3 is 5.97 Å². The first-order valence-corrected chi connectivity index (χ1v) is 6.33. The second-order valence-electron chi connectivity index (χ2n) is 4.82. The fraction of sp³-hybridized carbons (Fsp3) is 0.308. The van der Waals surface area contributed by atoms with E-state index in [9.17, 15) is 9.90 Å². The van der Waals surface area contributed by atoms with Gasteiger partial charge in [-0.15, -0.1) is 5.10 Å². The van der Waals surface area contributed by atoms with E-state index in [2.05, 4.69) is 10.3 Å². The highest BCUT2D eigenvalue weighted by atomic mass is 16.4. The summed E-state index contributed by atoms with van der Waals surface area (Å²) < 4.78 is 1.62. The smallest absolute Gasteiger partial charge is 0.339 e. The fourth-order valence-corrected chi connectivity index (χ4v) is 2.25. The molecule has 0 radical (unpaired) electrons. The van der Waals surface area contributed by atoms with Crippen LogP contribution in [0.2, 0.25) is 0 Å². The topological polar surface area (TPSA) is 114 Å². The van der Waals surface area contributed by atoms with Gasteiger partial charge in [-0.05, 0) is 31.0 Å². The van der Waals surface area contributed by atoms with Crippen LogP contribution in [-0.2, 0) is 6.54 Å². The van der Waals surface area contributed by atoms with E-state index in [1.165, 1.54) is 12.1 Å². The third-order valence-electron chi connectivity index (χ3n) is 3.39. The van der Waals surface area contributed by atoms with Gasteiger partial charge in [0.2, 0.25) is 0 Å². The standard InChI is InChI=1S/C13H14N4O3/c14-6-10-12(7-1-2-7)17(16-15-10)8-3-4-11(18)9(5-8)13(19)20/h3-5,7,18H,1-2,6,14H2,(H,19,20). The van der Waals surface area contributed by atoms with Gasteiger partial charge in [0.15, 0.2) is 0 Å². The summed E-state index contributed by atoms with van der Waals surface area (Å²) in [5.41, 5.74) is 7.74. The highest BCUT2D eigenvalue weighted by Crippen LogP contribution is 2.42. The van der Waals surface area contributed by atoms with Gasteiger partial charge in [0.25, 0.3) is 0 Å². The molecule has 0 aliphatic heterocycles. The van der Waals surface area contributed by atoms with Crippen LogP contribution in [0.25, 0.3) is 5.69 Å². The molecule has 0 saturated heterocycles. The Morgan fingerprint density at radius 1 is 1.45 bits per heavy atom. The third kappa shape index (κ3) is 2.01. The molecule has 1 aromatic carbocycles. The molecule has 1 aliphatic rings. The van der Waals surface area contributed by atoms with Crippen LogP contribution in [0, 0.1) is 0 Å². The van der Waals surface area contributed by atoms with Gasteiger partial charge in [-0.25, -0.2) is 9.48 Å². The second-order valence-corrected chi connectivity index (χ2v) is 4.82. The first kappa shape index (κ1) is 12.6. The molecule has 7 nitrogen and oxygen atoms in total. The van der Waals surface area contributed by atoms with E-state index in [0.717, 1.165) is 24.2 Å². The second kappa shape index (κ2) is 4.61. The molecule has 1 saturated carbocycles. The lowest BCUT2D eigenvalue weighted by Crippen LogP contribution is -2.06. The van der Waals surface area contributed by atoms with Gasteiger partial charge < -0.3 is 15.9 Å². The quantitative estimate of drug-likeness (QED) is 0.766. The van der Waals surface area contributed by atoms with Gasteiger partial charge in [-0.2, -0.15) is 0 Å². The SMILES string of the molecule is NCc1nnn(-c2ccc(O)c(C(=O)O)c2)c1C1CC1. The van der Waals surface area contributed by atoms with Crippen LogP contribution in [0.4, 0.5) is 0 Å². The van der Waals surface area contributed by atoms with Crippen molar-refractivity contribution in [1.82, 2.24) is 15.0 Å². The Bertz CT molecular complexity index is 676. The molecular weight excluding hydrogens is 260 g/mol. The Hall–Kier alpha value is -2.41. The van der Waals surface area contributed by atoms with E-state index in [1.54, 1.807) is 10.7 Å². The van der Waals surface area contributed by atoms with Gasteiger partial charge in [-0.3, -0.25) is 0 Å². The maximum atomic E-state index is 11.1. The number of nitrogens with zero attached hydrogens (tertiary/aromatic N) is 3. The monoisotopic (exact) mass is 274 g/mol. The summed E-state index contributed by atoms with van der Waals surface area (Å²) in [5, 5.41) is 26.7. The van der Waals surface area contributed by atoms with Crippen LogP contribution in [-0.4, -0.2) is 31.2 Å². The first-order valence-electron chi connectivity index (χ1n) is 6.33. The summed E-state index contributed by atoms with van der Waals surface area (Å²) in [7, 11) is 0. The molecule has 7 heteroatoms. The minimum absolute atomic E-state index is 0.158.